The van der Waals surface area contributed by atoms with E-state index in [9.17, 15) is 4.79 Å². The van der Waals surface area contributed by atoms with Crippen molar-refractivity contribution in [1.29, 1.82) is 0 Å². The van der Waals surface area contributed by atoms with Gasteiger partial charge in [0.15, 0.2) is 0 Å². The Kier molecular flexibility index (Phi) is 8.84. The molecule has 0 aliphatic carbocycles. The third-order valence-corrected chi connectivity index (χ3v) is 2.73. The van der Waals surface area contributed by atoms with E-state index in [4.69, 9.17) is 15.9 Å². The highest BCUT2D eigenvalue weighted by Gasteiger charge is 2.09. The van der Waals surface area contributed by atoms with Crippen LogP contribution in [0.1, 0.15) is 51.2 Å². The molecule has 0 aromatic heterocycles. The highest BCUT2D eigenvalue weighted by atomic mass is 16.4. The third-order valence-electron chi connectivity index (χ3n) is 2.73. The molecule has 0 atom stereocenters. The molecule has 1 rings (SSSR count). The molecule has 4 nitrogen and oxygen atoms in total. The minimum atomic E-state index is -0.691. The number of nitrogens with two attached hydrogens (primary N) is 1. The van der Waals surface area contributed by atoms with Crippen LogP contribution < -0.4 is 5.73 Å². The minimum Gasteiger partial charge on any atom is -0.481 e. The lowest BCUT2D eigenvalue weighted by Gasteiger charge is -2.16. The van der Waals surface area contributed by atoms with Crippen molar-refractivity contribution < 1.29 is 15.0 Å². The lowest BCUT2D eigenvalue weighted by Crippen LogP contribution is -2.05. The SMILES string of the molecule is CC(C)(C)CCCC(=O)O.NCc1cccc(CO)c1. The van der Waals surface area contributed by atoms with Crippen molar-refractivity contribution in [1.82, 2.24) is 0 Å². The van der Waals surface area contributed by atoms with Crippen LogP contribution in [-0.2, 0) is 17.9 Å². The molecule has 4 heteroatoms. The number of aliphatic hydroxyl groups excluding tert-OH is 1. The molecule has 4 N–H and O–H groups in total. The number of hydrogen-bond acceptors (Lipinski definition) is 3. The van der Waals surface area contributed by atoms with Crippen LogP contribution in [0.15, 0.2) is 24.3 Å². The summed E-state index contributed by atoms with van der Waals surface area (Å²) in [6, 6.07) is 7.62. The molecule has 0 radical (unpaired) electrons. The van der Waals surface area contributed by atoms with Crippen LogP contribution in [0.3, 0.4) is 0 Å². The van der Waals surface area contributed by atoms with E-state index in [0.717, 1.165) is 24.0 Å². The Hall–Kier alpha value is -1.39. The first-order valence-corrected chi connectivity index (χ1v) is 6.89. The Morgan fingerprint density at radius 3 is 2.30 bits per heavy atom. The van der Waals surface area contributed by atoms with Gasteiger partial charge in [0.1, 0.15) is 0 Å². The second-order valence-electron chi connectivity index (χ2n) is 5.99. The normalized spacial score (nSPS) is 10.7. The number of benzene rings is 1. The molecule has 114 valence electrons. The smallest absolute Gasteiger partial charge is 0.303 e. The predicted molar refractivity (Wildman–Crippen MR) is 81.2 cm³/mol. The fourth-order valence-corrected chi connectivity index (χ4v) is 1.62. The zero-order valence-electron chi connectivity index (χ0n) is 12.7. The first-order valence-electron chi connectivity index (χ1n) is 6.89. The van der Waals surface area contributed by atoms with E-state index in [-0.39, 0.29) is 12.0 Å². The van der Waals surface area contributed by atoms with Gasteiger partial charge in [-0.2, -0.15) is 0 Å². The lowest BCUT2D eigenvalue weighted by molar-refractivity contribution is -0.137. The quantitative estimate of drug-likeness (QED) is 0.775. The molecular weight excluding hydrogens is 254 g/mol. The van der Waals surface area contributed by atoms with Crippen molar-refractivity contribution in [3.63, 3.8) is 0 Å². The molecule has 0 heterocycles. The fourth-order valence-electron chi connectivity index (χ4n) is 1.62. The Morgan fingerprint density at radius 2 is 1.85 bits per heavy atom. The molecule has 0 amide bonds. The number of aliphatic carboxylic acids is 1. The zero-order valence-corrected chi connectivity index (χ0v) is 12.7. The summed E-state index contributed by atoms with van der Waals surface area (Å²) in [5, 5.41) is 17.0. The molecule has 0 saturated carbocycles. The van der Waals surface area contributed by atoms with Gasteiger partial charge in [-0.1, -0.05) is 45.0 Å². The van der Waals surface area contributed by atoms with Crippen LogP contribution >= 0.6 is 0 Å². The molecule has 20 heavy (non-hydrogen) atoms. The number of rotatable bonds is 5. The van der Waals surface area contributed by atoms with E-state index in [1.165, 1.54) is 0 Å². The second-order valence-corrected chi connectivity index (χ2v) is 5.99. The summed E-state index contributed by atoms with van der Waals surface area (Å²) in [5.41, 5.74) is 7.65. The second kappa shape index (κ2) is 9.50. The zero-order chi connectivity index (χ0) is 15.6. The van der Waals surface area contributed by atoms with Gasteiger partial charge in [-0.3, -0.25) is 4.79 Å². The summed E-state index contributed by atoms with van der Waals surface area (Å²) in [5.74, 6) is -0.691. The molecule has 0 saturated heterocycles. The maximum atomic E-state index is 10.1. The molecule has 0 aliphatic heterocycles. The molecule has 1 aromatic rings. The average Bonchev–Trinajstić information content (AvgIpc) is 2.37. The minimum absolute atomic E-state index is 0.0911. The Bertz CT molecular complexity index is 378. The summed E-state index contributed by atoms with van der Waals surface area (Å²) < 4.78 is 0. The van der Waals surface area contributed by atoms with Crippen molar-refractivity contribution in [3.8, 4) is 0 Å². The number of carbonyl (C=O) groups is 1. The first kappa shape index (κ1) is 18.6. The topological polar surface area (TPSA) is 83.5 Å². The summed E-state index contributed by atoms with van der Waals surface area (Å²) in [6.45, 7) is 6.99. The van der Waals surface area contributed by atoms with Crippen molar-refractivity contribution in [2.24, 2.45) is 11.1 Å². The summed E-state index contributed by atoms with van der Waals surface area (Å²) >= 11 is 0. The van der Waals surface area contributed by atoms with Crippen molar-refractivity contribution >= 4 is 5.97 Å². The van der Waals surface area contributed by atoms with Crippen molar-refractivity contribution in [2.45, 2.75) is 53.2 Å². The van der Waals surface area contributed by atoms with Gasteiger partial charge < -0.3 is 15.9 Å². The largest absolute Gasteiger partial charge is 0.481 e. The van der Waals surface area contributed by atoms with Gasteiger partial charge in [0, 0.05) is 13.0 Å². The maximum absolute atomic E-state index is 10.1. The number of aliphatic hydroxyl groups is 1. The highest BCUT2D eigenvalue weighted by Crippen LogP contribution is 2.21. The van der Waals surface area contributed by atoms with Gasteiger partial charge in [-0.25, -0.2) is 0 Å². The standard InChI is InChI=1S/C8H11NO.C8H16O2/c9-5-7-2-1-3-8(4-7)6-10;1-8(2,3)6-4-5-7(9)10/h1-4,10H,5-6,9H2;4-6H2,1-3H3,(H,9,10). The molecule has 0 unspecified atom stereocenters. The van der Waals surface area contributed by atoms with Crippen molar-refractivity contribution in [2.75, 3.05) is 0 Å². The Labute approximate surface area is 121 Å². The summed E-state index contributed by atoms with van der Waals surface area (Å²) in [6.07, 6.45) is 2.08. The highest BCUT2D eigenvalue weighted by molar-refractivity contribution is 5.66. The predicted octanol–water partition coefficient (Wildman–Crippen LogP) is 2.93. The third kappa shape index (κ3) is 10.5. The van der Waals surface area contributed by atoms with E-state index in [1.807, 2.05) is 24.3 Å². The molecule has 1 aromatic carbocycles. The van der Waals surface area contributed by atoms with Crippen LogP contribution in [0.2, 0.25) is 0 Å². The number of hydrogen-bond donors (Lipinski definition) is 3. The van der Waals surface area contributed by atoms with Crippen LogP contribution in [0.5, 0.6) is 0 Å². The van der Waals surface area contributed by atoms with E-state index < -0.39 is 5.97 Å². The number of carboxylic acid groups (broad SMARTS) is 1. The molecule has 0 aliphatic rings. The van der Waals surface area contributed by atoms with Gasteiger partial charge in [-0.05, 0) is 29.4 Å². The van der Waals surface area contributed by atoms with Gasteiger partial charge in [0.25, 0.3) is 0 Å². The maximum Gasteiger partial charge on any atom is 0.303 e. The van der Waals surface area contributed by atoms with E-state index >= 15 is 0 Å². The monoisotopic (exact) mass is 281 g/mol. The van der Waals surface area contributed by atoms with Crippen LogP contribution in [0.25, 0.3) is 0 Å². The van der Waals surface area contributed by atoms with Gasteiger partial charge >= 0.3 is 5.97 Å². The summed E-state index contributed by atoms with van der Waals surface area (Å²) in [7, 11) is 0. The van der Waals surface area contributed by atoms with Crippen LogP contribution in [-0.4, -0.2) is 16.2 Å². The van der Waals surface area contributed by atoms with Gasteiger partial charge in [0.2, 0.25) is 0 Å². The van der Waals surface area contributed by atoms with Crippen LogP contribution in [0.4, 0.5) is 0 Å². The fraction of sp³-hybridized carbons (Fsp3) is 0.562. The van der Waals surface area contributed by atoms with E-state index in [1.54, 1.807) is 0 Å². The summed E-state index contributed by atoms with van der Waals surface area (Å²) in [4.78, 5) is 10.1. The molecule has 0 fully saturated rings. The first-order chi connectivity index (χ1) is 9.28. The molecule has 0 spiro atoms. The molecular formula is C16H27NO3. The Balaban J connectivity index is 0.000000361. The van der Waals surface area contributed by atoms with Crippen LogP contribution in [0, 0.1) is 5.41 Å². The molecule has 0 bridgehead atoms. The average molecular weight is 281 g/mol. The van der Waals surface area contributed by atoms with Gasteiger partial charge in [0.05, 0.1) is 6.61 Å². The van der Waals surface area contributed by atoms with Crippen molar-refractivity contribution in [3.05, 3.63) is 35.4 Å². The van der Waals surface area contributed by atoms with Gasteiger partial charge in [-0.15, -0.1) is 0 Å². The van der Waals surface area contributed by atoms with E-state index in [0.29, 0.717) is 13.0 Å². The number of carboxylic acids is 1. The Morgan fingerprint density at radius 1 is 1.25 bits per heavy atom. The lowest BCUT2D eigenvalue weighted by atomic mass is 9.90. The van der Waals surface area contributed by atoms with E-state index in [2.05, 4.69) is 20.8 Å².